The Morgan fingerprint density at radius 1 is 0.882 bits per heavy atom. The van der Waals surface area contributed by atoms with Crippen LogP contribution in [0.15, 0.2) is 22.1 Å². The van der Waals surface area contributed by atoms with Gasteiger partial charge in [-0.25, -0.2) is 9.59 Å². The molecule has 14 atom stereocenters. The maximum Gasteiger partial charge on any atom is 0.500 e. The third-order valence-corrected chi connectivity index (χ3v) is 12.4. The fourth-order valence-corrected chi connectivity index (χ4v) is 8.23. The molecule has 1 aromatic heterocycles. The number of nitrogens with zero attached hydrogens (tertiary/aromatic N) is 6. The van der Waals surface area contributed by atoms with Crippen LogP contribution in [0.25, 0.3) is 0 Å². The maximum atomic E-state index is 13.8. The number of urea groups is 1. The summed E-state index contributed by atoms with van der Waals surface area (Å²) in [7, 11) is 1.26. The number of anilines is 1. The number of primary amides is 1. The van der Waals surface area contributed by atoms with Crippen LogP contribution in [0.4, 0.5) is 10.6 Å². The van der Waals surface area contributed by atoms with Gasteiger partial charge in [-0.1, -0.05) is 0 Å². The van der Waals surface area contributed by atoms with Crippen LogP contribution in [0.2, 0.25) is 0 Å². The minimum absolute atomic E-state index is 0.0183. The molecule has 1 fully saturated rings. The molecule has 68 heavy (non-hydrogen) atoms. The number of hydrogen-bond donors (Lipinski definition) is 19. The third kappa shape index (κ3) is 18.0. The van der Waals surface area contributed by atoms with Crippen molar-refractivity contribution in [2.75, 3.05) is 31.6 Å². The molecule has 390 valence electrons. The number of aromatic nitrogens is 2. The van der Waals surface area contributed by atoms with Crippen molar-refractivity contribution in [2.45, 2.75) is 144 Å². The molecule has 1 saturated heterocycles. The van der Waals surface area contributed by atoms with Crippen LogP contribution in [-0.2, 0) is 21.4 Å². The molecular weight excluding hydrogens is 933 g/mol. The number of carboxylic acid groups (broad SMARTS) is 1. The van der Waals surface area contributed by atoms with Gasteiger partial charge in [-0.15, -0.1) is 11.8 Å². The predicted molar refractivity (Wildman–Crippen MR) is 235 cm³/mol. The number of aliphatic imine (C=N–C) groups is 1. The molecule has 1 aromatic rings. The molecule has 1 aliphatic rings. The molecule has 0 radical (unpaired) electrons. The van der Waals surface area contributed by atoms with Gasteiger partial charge in [0.2, 0.25) is 11.7 Å². The van der Waals surface area contributed by atoms with Crippen molar-refractivity contribution >= 4 is 47.1 Å². The summed E-state index contributed by atoms with van der Waals surface area (Å²) in [5.74, 6) is -4.52. The van der Waals surface area contributed by atoms with Crippen molar-refractivity contribution in [1.82, 2.24) is 35.7 Å². The minimum atomic E-state index is -2.28. The molecule has 2 heterocycles. The zero-order valence-corrected chi connectivity index (χ0v) is 38.7. The highest BCUT2D eigenvalue weighted by Gasteiger charge is 2.52. The summed E-state index contributed by atoms with van der Waals surface area (Å²) in [6.45, 7) is 2.21. The Morgan fingerprint density at radius 2 is 1.43 bits per heavy atom. The van der Waals surface area contributed by atoms with Gasteiger partial charge in [-0.05, 0) is 59.3 Å². The van der Waals surface area contributed by atoms with Gasteiger partial charge in [0.05, 0.1) is 37.2 Å². The van der Waals surface area contributed by atoms with E-state index >= 15 is 0 Å². The van der Waals surface area contributed by atoms with E-state index in [-0.39, 0.29) is 57.6 Å². The van der Waals surface area contributed by atoms with Gasteiger partial charge in [0, 0.05) is 31.7 Å². The summed E-state index contributed by atoms with van der Waals surface area (Å²) in [5, 5.41) is 142. The third-order valence-electron chi connectivity index (χ3n) is 10.7. The molecule has 4 amide bonds. The second-order valence-corrected chi connectivity index (χ2v) is 17.4. The van der Waals surface area contributed by atoms with E-state index in [4.69, 9.17) is 11.5 Å². The molecule has 14 unspecified atom stereocenters. The first-order valence-electron chi connectivity index (χ1n) is 21.4. The lowest BCUT2D eigenvalue weighted by atomic mass is 10.00. The summed E-state index contributed by atoms with van der Waals surface area (Å²) in [6, 6.07) is -6.28. The number of hydrogen-bond acceptors (Lipinski definition) is 24. The molecule has 30 nitrogen and oxygen atoms in total. The number of carbonyl (C=O) groups is 4. The monoisotopic (exact) mass is 1000 g/mol. The summed E-state index contributed by atoms with van der Waals surface area (Å²) < 4.78 is 1.89. The van der Waals surface area contributed by atoms with Gasteiger partial charge >= 0.3 is 17.7 Å². The quantitative estimate of drug-likeness (QED) is 0.0147. The standard InChI is InChI=1S/C37H68N12O18S/c1-17(51)47(65)12-5-8-20(38)30(57)40-21(9-6-13-48(66)18(2)52)31(58)41-22(10-7-14-49(67)19(3)53)32(59)42-23(16-50)33(60)44-25(35(61)62)26(54)29-27(55)28(56)34(68-29)46-15-11-24(43-36(39)63)45(4)37(46)64/h11,15,17-21,23,25-31,34,40,50-58,65-67H,5-10,12-14,16,38H2,1-4H3,(H5,39,42,44,59,60,61,62,63)/p+1/b41-22+. The first kappa shape index (κ1) is 60.0. The summed E-state index contributed by atoms with van der Waals surface area (Å²) in [5.41, 5.74) is 9.89. The molecule has 0 spiro atoms. The molecule has 2 rings (SSSR count). The van der Waals surface area contributed by atoms with E-state index in [1.807, 2.05) is 5.32 Å². The van der Waals surface area contributed by atoms with Crippen molar-refractivity contribution in [1.29, 1.82) is 0 Å². The topological polar surface area (TPSA) is 479 Å². The molecular formula is C37H69N12O18S+. The fraction of sp³-hybridized carbons (Fsp3) is 0.757. The van der Waals surface area contributed by atoms with E-state index in [1.165, 1.54) is 33.9 Å². The fourth-order valence-electron chi connectivity index (χ4n) is 6.65. The molecule has 21 N–H and O–H groups in total. The van der Waals surface area contributed by atoms with Crippen LogP contribution >= 0.6 is 11.8 Å². The molecule has 0 aromatic carbocycles. The zero-order valence-electron chi connectivity index (χ0n) is 37.9. The van der Waals surface area contributed by atoms with Crippen LogP contribution in [0.3, 0.4) is 0 Å². The highest BCUT2D eigenvalue weighted by atomic mass is 32.2. The number of carbonyl (C=O) groups excluding carboxylic acids is 3. The van der Waals surface area contributed by atoms with E-state index in [1.54, 1.807) is 0 Å². The molecule has 0 bridgehead atoms. The number of hydroxylamine groups is 6. The first-order valence-corrected chi connectivity index (χ1v) is 22.3. The van der Waals surface area contributed by atoms with Crippen LogP contribution in [0.5, 0.6) is 0 Å². The van der Waals surface area contributed by atoms with Crippen LogP contribution in [0.1, 0.15) is 64.7 Å². The number of thioether (sulfide) groups is 1. The maximum absolute atomic E-state index is 13.8. The average molecular weight is 1000 g/mol. The van der Waals surface area contributed by atoms with Crippen LogP contribution in [0, 0.1) is 0 Å². The van der Waals surface area contributed by atoms with Crippen molar-refractivity contribution in [3.05, 3.63) is 22.7 Å². The number of nitrogens with one attached hydrogen (secondary N) is 4. The van der Waals surface area contributed by atoms with E-state index in [9.17, 15) is 90.7 Å². The number of amides is 4. The Hall–Kier alpha value is -4.10. The normalized spacial score (nSPS) is 22.2. The number of carboxylic acids is 1. The highest BCUT2D eigenvalue weighted by molar-refractivity contribution is 8.00. The molecule has 0 aliphatic carbocycles. The summed E-state index contributed by atoms with van der Waals surface area (Å²) in [4.78, 5) is 68.3. The van der Waals surface area contributed by atoms with Gasteiger partial charge in [0.15, 0.2) is 17.6 Å². The van der Waals surface area contributed by atoms with Gasteiger partial charge in [0.25, 0.3) is 5.91 Å². The molecule has 1 aliphatic heterocycles. The largest absolute Gasteiger partial charge is 0.500 e. The number of rotatable bonds is 30. The van der Waals surface area contributed by atoms with Gasteiger partial charge in [0.1, 0.15) is 49.0 Å². The lowest BCUT2D eigenvalue weighted by Crippen LogP contribution is -2.59. The van der Waals surface area contributed by atoms with Crippen molar-refractivity contribution < 1.29 is 90.4 Å². The Balaban J connectivity index is 2.38. The number of aliphatic hydroxyl groups excluding tert-OH is 9. The van der Waals surface area contributed by atoms with E-state index in [2.05, 4.69) is 20.9 Å². The van der Waals surface area contributed by atoms with Crippen molar-refractivity contribution in [2.24, 2.45) is 23.5 Å². The lowest BCUT2D eigenvalue weighted by Gasteiger charge is -2.29. The second kappa shape index (κ2) is 28.5. The second-order valence-electron chi connectivity index (χ2n) is 16.1. The van der Waals surface area contributed by atoms with Crippen molar-refractivity contribution in [3.8, 4) is 0 Å². The number of aliphatic hydroxyl groups is 9. The van der Waals surface area contributed by atoms with E-state index in [0.29, 0.717) is 27.0 Å². The van der Waals surface area contributed by atoms with Gasteiger partial charge < -0.3 is 88.8 Å². The van der Waals surface area contributed by atoms with E-state index < -0.39 is 132 Å². The van der Waals surface area contributed by atoms with Crippen LogP contribution < -0.4 is 43.0 Å². The average Bonchev–Trinajstić information content (AvgIpc) is 3.56. The van der Waals surface area contributed by atoms with E-state index in [0.717, 1.165) is 15.3 Å². The highest BCUT2D eigenvalue weighted by Crippen LogP contribution is 2.40. The minimum Gasteiger partial charge on any atom is -0.480 e. The molecule has 0 saturated carbocycles. The summed E-state index contributed by atoms with van der Waals surface area (Å²) >= 11 is 0.574. The Bertz CT molecular complexity index is 1870. The van der Waals surface area contributed by atoms with Gasteiger partial charge in [-0.3, -0.25) is 25.2 Å². The number of aliphatic carboxylic acids is 1. The predicted octanol–water partition coefficient (Wildman–Crippen LogP) is -7.30. The SMILES string of the molecule is CC(O)N(O)CCC/C(=N\C(O)C(CCCN(O)C(C)O)NC(O)C(N)CCCN(O)C(C)O)C(=O)NC(CO)C(=O)NC(C(=O)O)C(O)C1SC([n+]2ccc(NC(N)=O)n(C)c2=O)C(O)C1O. The van der Waals surface area contributed by atoms with Gasteiger partial charge in [-0.2, -0.15) is 29.1 Å². The Kier molecular flexibility index (Phi) is 25.2. The Morgan fingerprint density at radius 3 is 1.94 bits per heavy atom. The summed E-state index contributed by atoms with van der Waals surface area (Å²) in [6.07, 6.45) is -12.3. The first-order chi connectivity index (χ1) is 31.7. The number of nitrogens with two attached hydrogens (primary N) is 2. The Labute approximate surface area is 393 Å². The molecule has 31 heteroatoms. The van der Waals surface area contributed by atoms with Crippen LogP contribution in [-0.4, -0.2) is 221 Å². The smallest absolute Gasteiger partial charge is 0.480 e. The van der Waals surface area contributed by atoms with Crippen molar-refractivity contribution in [3.63, 3.8) is 0 Å². The zero-order chi connectivity index (χ0) is 51.7. The lowest BCUT2D eigenvalue weighted by molar-refractivity contribution is -0.724.